The molecule has 3 fully saturated rings. The van der Waals surface area contributed by atoms with E-state index in [-0.39, 0.29) is 5.41 Å². The molecule has 1 aromatic rings. The molecule has 1 heterocycles. The number of hydrogen-bond donors (Lipinski definition) is 1. The van der Waals surface area contributed by atoms with Gasteiger partial charge in [-0.15, -0.1) is 0 Å². The Morgan fingerprint density at radius 2 is 2.08 bits per heavy atom. The van der Waals surface area contributed by atoms with E-state index in [1.165, 1.54) is 24.8 Å². The molecule has 0 aromatic heterocycles. The number of piperidine rings is 1. The molecule has 0 radical (unpaired) electrons. The minimum absolute atomic E-state index is 0.179. The van der Waals surface area contributed by atoms with Crippen LogP contribution in [0.2, 0.25) is 0 Å². The van der Waals surface area contributed by atoms with Gasteiger partial charge in [0.05, 0.1) is 12.5 Å². The van der Waals surface area contributed by atoms with Crippen molar-refractivity contribution in [3.63, 3.8) is 0 Å². The summed E-state index contributed by atoms with van der Waals surface area (Å²) in [5.41, 5.74) is 1.07. The molecular formula is C22H32N2O2. The van der Waals surface area contributed by atoms with Crippen molar-refractivity contribution in [2.45, 2.75) is 51.0 Å². The molecule has 26 heavy (non-hydrogen) atoms. The zero-order valence-electron chi connectivity index (χ0n) is 16.2. The minimum atomic E-state index is -0.179. The van der Waals surface area contributed by atoms with E-state index in [0.717, 1.165) is 50.4 Å². The summed E-state index contributed by atoms with van der Waals surface area (Å²) in [4.78, 5) is 15.9. The Labute approximate surface area is 157 Å². The first-order valence-electron chi connectivity index (χ1n) is 10.2. The predicted molar refractivity (Wildman–Crippen MR) is 103 cm³/mol. The van der Waals surface area contributed by atoms with Crippen LogP contribution in [0.4, 0.5) is 0 Å². The summed E-state index contributed by atoms with van der Waals surface area (Å²) >= 11 is 0. The Kier molecular flexibility index (Phi) is 4.96. The maximum absolute atomic E-state index is 13.7. The van der Waals surface area contributed by atoms with Crippen LogP contribution in [-0.4, -0.2) is 44.1 Å². The summed E-state index contributed by atoms with van der Waals surface area (Å²) in [6.45, 7) is 1.81. The van der Waals surface area contributed by atoms with Gasteiger partial charge in [-0.3, -0.25) is 4.79 Å². The summed E-state index contributed by atoms with van der Waals surface area (Å²) in [6.07, 6.45) is 7.91. The molecule has 3 unspecified atom stereocenters. The van der Waals surface area contributed by atoms with Crippen LogP contribution in [0, 0.1) is 17.3 Å². The van der Waals surface area contributed by atoms with Crippen LogP contribution in [0.25, 0.3) is 0 Å². The highest BCUT2D eigenvalue weighted by Gasteiger charge is 2.56. The highest BCUT2D eigenvalue weighted by Crippen LogP contribution is 2.58. The third-order valence-corrected chi connectivity index (χ3v) is 7.25. The molecule has 142 valence electrons. The second-order valence-electron chi connectivity index (χ2n) is 8.62. The predicted octanol–water partition coefficient (Wildman–Crippen LogP) is 3.25. The molecular weight excluding hydrogens is 324 g/mol. The van der Waals surface area contributed by atoms with Gasteiger partial charge in [0.2, 0.25) is 5.91 Å². The van der Waals surface area contributed by atoms with Crippen LogP contribution >= 0.6 is 0 Å². The van der Waals surface area contributed by atoms with Gasteiger partial charge in [-0.2, -0.15) is 0 Å². The van der Waals surface area contributed by atoms with Gasteiger partial charge in [-0.25, -0.2) is 0 Å². The summed E-state index contributed by atoms with van der Waals surface area (Å²) in [7, 11) is 3.74. The fourth-order valence-electron chi connectivity index (χ4n) is 5.83. The zero-order valence-corrected chi connectivity index (χ0v) is 16.2. The number of amides is 1. The van der Waals surface area contributed by atoms with Gasteiger partial charge in [0, 0.05) is 19.1 Å². The fraction of sp³-hybridized carbons (Fsp3) is 0.682. The SMILES string of the molecule is CNC1CCN(C(=O)C2(Cc3cccc(OC)c3)CC3CCC2C3)CC1. The lowest BCUT2D eigenvalue weighted by Crippen LogP contribution is -2.52. The van der Waals surface area contributed by atoms with Gasteiger partial charge in [0.1, 0.15) is 5.75 Å². The maximum atomic E-state index is 13.7. The largest absolute Gasteiger partial charge is 0.497 e. The number of methoxy groups -OCH3 is 1. The van der Waals surface area contributed by atoms with Gasteiger partial charge in [-0.1, -0.05) is 18.6 Å². The number of carbonyl (C=O) groups is 1. The number of rotatable bonds is 5. The van der Waals surface area contributed by atoms with Crippen molar-refractivity contribution in [3.8, 4) is 5.75 Å². The topological polar surface area (TPSA) is 41.6 Å². The molecule has 4 heteroatoms. The lowest BCUT2D eigenvalue weighted by Gasteiger charge is -2.43. The monoisotopic (exact) mass is 356 g/mol. The average molecular weight is 357 g/mol. The molecule has 2 saturated carbocycles. The molecule has 4 nitrogen and oxygen atoms in total. The van der Waals surface area contributed by atoms with Crippen LogP contribution in [0.3, 0.4) is 0 Å². The lowest BCUT2D eigenvalue weighted by atomic mass is 9.68. The average Bonchev–Trinajstić information content (AvgIpc) is 3.29. The zero-order chi connectivity index (χ0) is 18.1. The Balaban J connectivity index is 1.57. The lowest BCUT2D eigenvalue weighted by molar-refractivity contribution is -0.146. The Morgan fingerprint density at radius 1 is 1.27 bits per heavy atom. The summed E-state index contributed by atoms with van der Waals surface area (Å²) in [5.74, 6) is 2.64. The first-order chi connectivity index (χ1) is 12.6. The van der Waals surface area contributed by atoms with Crippen LogP contribution < -0.4 is 10.1 Å². The summed E-state index contributed by atoms with van der Waals surface area (Å²) in [5, 5.41) is 3.37. The van der Waals surface area contributed by atoms with E-state index in [2.05, 4.69) is 28.4 Å². The van der Waals surface area contributed by atoms with E-state index in [4.69, 9.17) is 4.74 Å². The molecule has 2 aliphatic carbocycles. The molecule has 3 aliphatic rings. The number of carbonyl (C=O) groups excluding carboxylic acids is 1. The van der Waals surface area contributed by atoms with E-state index < -0.39 is 0 Å². The first kappa shape index (κ1) is 17.8. The van der Waals surface area contributed by atoms with Crippen molar-refractivity contribution in [1.29, 1.82) is 0 Å². The van der Waals surface area contributed by atoms with Gasteiger partial charge >= 0.3 is 0 Å². The number of hydrogen-bond acceptors (Lipinski definition) is 3. The highest BCUT2D eigenvalue weighted by atomic mass is 16.5. The van der Waals surface area contributed by atoms with Crippen molar-refractivity contribution in [3.05, 3.63) is 29.8 Å². The molecule has 4 rings (SSSR count). The molecule has 2 bridgehead atoms. The standard InChI is InChI=1S/C22H32N2O2/c1-23-19-8-10-24(11-9-19)21(25)22(15-17-6-7-18(22)12-17)14-16-4-3-5-20(13-16)26-2/h3-5,13,17-19,23H,6-12,14-15H2,1-2H3. The van der Waals surface area contributed by atoms with Gasteiger partial charge in [0.25, 0.3) is 0 Å². The molecule has 1 N–H and O–H groups in total. The van der Waals surface area contributed by atoms with Crippen molar-refractivity contribution in [2.24, 2.45) is 17.3 Å². The molecule has 1 aliphatic heterocycles. The van der Waals surface area contributed by atoms with Crippen LogP contribution in [0.15, 0.2) is 24.3 Å². The second kappa shape index (κ2) is 7.22. The smallest absolute Gasteiger partial charge is 0.229 e. The number of likely N-dealkylation sites (tertiary alicyclic amines) is 1. The van der Waals surface area contributed by atoms with Crippen LogP contribution in [0.5, 0.6) is 5.75 Å². The Morgan fingerprint density at radius 3 is 2.69 bits per heavy atom. The van der Waals surface area contributed by atoms with E-state index in [9.17, 15) is 4.79 Å². The van der Waals surface area contributed by atoms with E-state index in [1.54, 1.807) is 7.11 Å². The molecule has 1 amide bonds. The van der Waals surface area contributed by atoms with E-state index in [0.29, 0.717) is 17.9 Å². The number of benzene rings is 1. The number of nitrogens with zero attached hydrogens (tertiary/aromatic N) is 1. The van der Waals surface area contributed by atoms with E-state index in [1.807, 2.05) is 13.1 Å². The van der Waals surface area contributed by atoms with Crippen molar-refractivity contribution in [2.75, 3.05) is 27.2 Å². The summed E-state index contributed by atoms with van der Waals surface area (Å²) < 4.78 is 5.41. The third-order valence-electron chi connectivity index (χ3n) is 7.25. The molecule has 3 atom stereocenters. The Bertz CT molecular complexity index is 653. The van der Waals surface area contributed by atoms with E-state index >= 15 is 0 Å². The fourth-order valence-corrected chi connectivity index (χ4v) is 5.83. The Hall–Kier alpha value is -1.55. The van der Waals surface area contributed by atoms with Crippen molar-refractivity contribution >= 4 is 5.91 Å². The second-order valence-corrected chi connectivity index (χ2v) is 8.62. The van der Waals surface area contributed by atoms with Crippen molar-refractivity contribution in [1.82, 2.24) is 10.2 Å². The third kappa shape index (κ3) is 3.13. The van der Waals surface area contributed by atoms with Gasteiger partial charge < -0.3 is 15.0 Å². The normalized spacial score (nSPS) is 31.4. The maximum Gasteiger partial charge on any atom is 0.229 e. The number of nitrogens with one attached hydrogen (secondary N) is 1. The van der Waals surface area contributed by atoms with Gasteiger partial charge in [0.15, 0.2) is 0 Å². The van der Waals surface area contributed by atoms with Crippen LogP contribution in [0.1, 0.15) is 44.1 Å². The summed E-state index contributed by atoms with van der Waals surface area (Å²) in [6, 6.07) is 8.89. The first-order valence-corrected chi connectivity index (χ1v) is 10.2. The number of fused-ring (bicyclic) bond motifs is 2. The van der Waals surface area contributed by atoms with Crippen LogP contribution in [-0.2, 0) is 11.2 Å². The van der Waals surface area contributed by atoms with Gasteiger partial charge in [-0.05, 0) is 75.1 Å². The highest BCUT2D eigenvalue weighted by molar-refractivity contribution is 5.84. The minimum Gasteiger partial charge on any atom is -0.497 e. The number of ether oxygens (including phenoxy) is 1. The quantitative estimate of drug-likeness (QED) is 0.880. The van der Waals surface area contributed by atoms with Crippen molar-refractivity contribution < 1.29 is 9.53 Å². The molecule has 0 spiro atoms. The molecule has 1 aromatic carbocycles. The molecule has 1 saturated heterocycles.